The molecule has 0 unspecified atom stereocenters. The van der Waals surface area contributed by atoms with E-state index in [1.807, 2.05) is 12.1 Å². The molecule has 0 aliphatic carbocycles. The molecule has 0 spiro atoms. The van der Waals surface area contributed by atoms with E-state index < -0.39 is 15.7 Å². The number of benzene rings is 3. The number of rotatable bonds is 6. The summed E-state index contributed by atoms with van der Waals surface area (Å²) in [6.07, 6.45) is 1.54. The van der Waals surface area contributed by atoms with Crippen molar-refractivity contribution >= 4 is 26.5 Å². The summed E-state index contributed by atoms with van der Waals surface area (Å²) in [5, 5.41) is 5.00. The third-order valence-corrected chi connectivity index (χ3v) is 6.76. The fourth-order valence-electron chi connectivity index (χ4n) is 3.41. The highest BCUT2D eigenvalue weighted by atomic mass is 32.2. The number of hydrogen-bond donors (Lipinski definition) is 1. The molecule has 0 aliphatic rings. The molecule has 3 aromatic carbocycles. The molecule has 156 valence electrons. The summed E-state index contributed by atoms with van der Waals surface area (Å²) in [4.78, 5) is 24.6. The van der Waals surface area contributed by atoms with Gasteiger partial charge in [0.15, 0.2) is 0 Å². The first kappa shape index (κ1) is 20.5. The van der Waals surface area contributed by atoms with E-state index in [1.165, 1.54) is 41.2 Å². The first-order valence-corrected chi connectivity index (χ1v) is 11.0. The quantitative estimate of drug-likeness (QED) is 0.501. The molecule has 1 aromatic heterocycles. The number of primary amides is 1. The average molecular weight is 433 g/mol. The third kappa shape index (κ3) is 4.10. The molecular weight excluding hydrogens is 414 g/mol. The van der Waals surface area contributed by atoms with E-state index in [4.69, 9.17) is 5.73 Å². The number of hydrogen-bond acceptors (Lipinski definition) is 5. The Labute approximate surface area is 178 Å². The molecule has 1 amide bonds. The molecule has 0 fully saturated rings. The van der Waals surface area contributed by atoms with E-state index in [0.717, 1.165) is 11.1 Å². The van der Waals surface area contributed by atoms with Crippen molar-refractivity contribution in [3.05, 3.63) is 100 Å². The van der Waals surface area contributed by atoms with Crippen molar-refractivity contribution in [3.8, 4) is 0 Å². The van der Waals surface area contributed by atoms with Gasteiger partial charge in [0.25, 0.3) is 5.56 Å². The standard InChI is InChI=1S/C23H19N3O4S/c24-22(27)13-16-6-4-5-7-17(16)15-26-23(28)21-11-10-20(12-18(21)14-25-26)31(29,30)19-8-2-1-3-9-19/h1-12,14H,13,15H2,(H2,24,27). The van der Waals surface area contributed by atoms with Gasteiger partial charge in [-0.25, -0.2) is 13.1 Å². The fraction of sp³-hybridized carbons (Fsp3) is 0.0870. The van der Waals surface area contributed by atoms with Gasteiger partial charge in [0.05, 0.1) is 34.3 Å². The molecule has 0 saturated carbocycles. The number of nitrogens with zero attached hydrogens (tertiary/aromatic N) is 2. The maximum Gasteiger partial charge on any atom is 0.274 e. The maximum atomic E-state index is 13.0. The molecule has 1 heterocycles. The predicted octanol–water partition coefficient (Wildman–Crippen LogP) is 2.31. The Hall–Kier alpha value is -3.78. The summed E-state index contributed by atoms with van der Waals surface area (Å²) < 4.78 is 27.0. The summed E-state index contributed by atoms with van der Waals surface area (Å²) in [6.45, 7) is 0.169. The van der Waals surface area contributed by atoms with Crippen molar-refractivity contribution in [2.75, 3.05) is 0 Å². The van der Waals surface area contributed by atoms with Crippen LogP contribution < -0.4 is 11.3 Å². The van der Waals surface area contributed by atoms with E-state index in [9.17, 15) is 18.0 Å². The number of amides is 1. The molecule has 0 aliphatic heterocycles. The first-order valence-electron chi connectivity index (χ1n) is 9.51. The number of sulfone groups is 1. The Morgan fingerprint density at radius 1 is 0.903 bits per heavy atom. The summed E-state index contributed by atoms with van der Waals surface area (Å²) in [6, 6.07) is 19.7. The van der Waals surface area contributed by atoms with E-state index in [-0.39, 0.29) is 28.3 Å². The zero-order valence-electron chi connectivity index (χ0n) is 16.4. The Balaban J connectivity index is 1.73. The highest BCUT2D eigenvalue weighted by molar-refractivity contribution is 7.91. The minimum Gasteiger partial charge on any atom is -0.369 e. The monoisotopic (exact) mass is 433 g/mol. The first-order chi connectivity index (χ1) is 14.9. The van der Waals surface area contributed by atoms with Gasteiger partial charge in [-0.05, 0) is 41.5 Å². The van der Waals surface area contributed by atoms with Crippen LogP contribution in [0.5, 0.6) is 0 Å². The van der Waals surface area contributed by atoms with Crippen LogP contribution in [0, 0.1) is 0 Å². The lowest BCUT2D eigenvalue weighted by Crippen LogP contribution is -2.24. The normalized spacial score (nSPS) is 11.5. The number of fused-ring (bicyclic) bond motifs is 1. The third-order valence-electron chi connectivity index (χ3n) is 4.99. The highest BCUT2D eigenvalue weighted by Gasteiger charge is 2.18. The van der Waals surface area contributed by atoms with Gasteiger partial charge in [-0.1, -0.05) is 42.5 Å². The topological polar surface area (TPSA) is 112 Å². The van der Waals surface area contributed by atoms with Crippen molar-refractivity contribution < 1.29 is 13.2 Å². The van der Waals surface area contributed by atoms with Gasteiger partial charge >= 0.3 is 0 Å². The van der Waals surface area contributed by atoms with Gasteiger partial charge in [0.1, 0.15) is 0 Å². The van der Waals surface area contributed by atoms with Crippen LogP contribution in [0.1, 0.15) is 11.1 Å². The minimum absolute atomic E-state index is 0.0687. The maximum absolute atomic E-state index is 13.0. The zero-order valence-corrected chi connectivity index (χ0v) is 17.2. The van der Waals surface area contributed by atoms with E-state index >= 15 is 0 Å². The van der Waals surface area contributed by atoms with Crippen LogP contribution >= 0.6 is 0 Å². The van der Waals surface area contributed by atoms with Crippen LogP contribution in [-0.4, -0.2) is 24.1 Å². The van der Waals surface area contributed by atoms with Crippen molar-refractivity contribution in [2.45, 2.75) is 22.8 Å². The molecule has 4 rings (SSSR count). The average Bonchev–Trinajstić information content (AvgIpc) is 2.77. The van der Waals surface area contributed by atoms with Gasteiger partial charge in [-0.3, -0.25) is 9.59 Å². The van der Waals surface area contributed by atoms with Crippen molar-refractivity contribution in [1.82, 2.24) is 9.78 Å². The summed E-state index contributed by atoms with van der Waals surface area (Å²) in [5.41, 5.74) is 6.45. The van der Waals surface area contributed by atoms with Gasteiger partial charge in [-0.2, -0.15) is 5.10 Å². The number of aromatic nitrogens is 2. The predicted molar refractivity (Wildman–Crippen MR) is 116 cm³/mol. The number of nitrogens with two attached hydrogens (primary N) is 1. The van der Waals surface area contributed by atoms with Crippen LogP contribution in [0.2, 0.25) is 0 Å². The second-order valence-electron chi connectivity index (χ2n) is 7.08. The molecular formula is C23H19N3O4S. The van der Waals surface area contributed by atoms with Crippen molar-refractivity contribution in [1.29, 1.82) is 0 Å². The van der Waals surface area contributed by atoms with Crippen LogP contribution in [-0.2, 0) is 27.6 Å². The van der Waals surface area contributed by atoms with E-state index in [0.29, 0.717) is 10.8 Å². The molecule has 7 nitrogen and oxygen atoms in total. The Kier molecular flexibility index (Phi) is 5.39. The lowest BCUT2D eigenvalue weighted by molar-refractivity contribution is -0.117. The molecule has 31 heavy (non-hydrogen) atoms. The van der Waals surface area contributed by atoms with Gasteiger partial charge < -0.3 is 5.73 Å². The Morgan fingerprint density at radius 2 is 1.58 bits per heavy atom. The summed E-state index contributed by atoms with van der Waals surface area (Å²) in [5.74, 6) is -0.460. The van der Waals surface area contributed by atoms with E-state index in [2.05, 4.69) is 5.10 Å². The molecule has 0 saturated heterocycles. The molecule has 0 bridgehead atoms. The largest absolute Gasteiger partial charge is 0.369 e. The minimum atomic E-state index is -3.70. The zero-order chi connectivity index (χ0) is 22.0. The number of carbonyl (C=O) groups excluding carboxylic acids is 1. The molecule has 8 heteroatoms. The number of carbonyl (C=O) groups is 1. The summed E-state index contributed by atoms with van der Waals surface area (Å²) in [7, 11) is -3.70. The van der Waals surface area contributed by atoms with Crippen LogP contribution in [0.3, 0.4) is 0 Å². The van der Waals surface area contributed by atoms with Crippen molar-refractivity contribution in [3.63, 3.8) is 0 Å². The molecule has 0 atom stereocenters. The Morgan fingerprint density at radius 3 is 2.29 bits per heavy atom. The van der Waals surface area contributed by atoms with Crippen molar-refractivity contribution in [2.24, 2.45) is 5.73 Å². The smallest absolute Gasteiger partial charge is 0.274 e. The SMILES string of the molecule is NC(=O)Cc1ccccc1Cn1ncc2cc(S(=O)(=O)c3ccccc3)ccc2c1=O. The molecule has 0 radical (unpaired) electrons. The summed E-state index contributed by atoms with van der Waals surface area (Å²) >= 11 is 0. The molecule has 2 N–H and O–H groups in total. The second-order valence-corrected chi connectivity index (χ2v) is 9.03. The van der Waals surface area contributed by atoms with Crippen LogP contribution in [0.15, 0.2) is 93.6 Å². The van der Waals surface area contributed by atoms with Crippen LogP contribution in [0.4, 0.5) is 0 Å². The van der Waals surface area contributed by atoms with Gasteiger partial charge in [0.2, 0.25) is 15.7 Å². The lowest BCUT2D eigenvalue weighted by atomic mass is 10.0. The van der Waals surface area contributed by atoms with E-state index in [1.54, 1.807) is 30.3 Å². The van der Waals surface area contributed by atoms with Gasteiger partial charge in [0, 0.05) is 5.39 Å². The second kappa shape index (κ2) is 8.16. The lowest BCUT2D eigenvalue weighted by Gasteiger charge is -2.11. The Bertz CT molecular complexity index is 1440. The molecule has 4 aromatic rings. The fourth-order valence-corrected chi connectivity index (χ4v) is 4.73. The highest BCUT2D eigenvalue weighted by Crippen LogP contribution is 2.23. The van der Waals surface area contributed by atoms with Crippen LogP contribution in [0.25, 0.3) is 10.8 Å². The van der Waals surface area contributed by atoms with Gasteiger partial charge in [-0.15, -0.1) is 0 Å².